The smallest absolute Gasteiger partial charge is 0.266 e. The van der Waals surface area contributed by atoms with Crippen molar-refractivity contribution in [1.82, 2.24) is 14.7 Å². The van der Waals surface area contributed by atoms with E-state index in [4.69, 9.17) is 26.8 Å². The van der Waals surface area contributed by atoms with Crippen molar-refractivity contribution in [2.75, 3.05) is 13.2 Å². The summed E-state index contributed by atoms with van der Waals surface area (Å²) in [5.74, 6) is 0.701. The molecule has 0 N–H and O–H groups in total. The topological polar surface area (TPSA) is 56.6 Å². The molecular formula is C32H29N3O3S2. The molecule has 3 heterocycles. The molecule has 1 unspecified atom stereocenters. The van der Waals surface area contributed by atoms with Crippen molar-refractivity contribution in [3.8, 4) is 22.7 Å². The Morgan fingerprint density at radius 2 is 1.85 bits per heavy atom. The van der Waals surface area contributed by atoms with E-state index < -0.39 is 0 Å². The molecule has 1 amide bonds. The number of thioether (sulfide) groups is 1. The molecule has 6 nitrogen and oxygen atoms in total. The highest BCUT2D eigenvalue weighted by atomic mass is 32.2. The first kappa shape index (κ1) is 26.5. The van der Waals surface area contributed by atoms with Crippen molar-refractivity contribution in [3.63, 3.8) is 0 Å². The van der Waals surface area contributed by atoms with Crippen LogP contribution in [-0.4, -0.2) is 44.2 Å². The highest BCUT2D eigenvalue weighted by molar-refractivity contribution is 8.26. The summed E-state index contributed by atoms with van der Waals surface area (Å²) in [6.45, 7) is 3.82. The van der Waals surface area contributed by atoms with E-state index in [0.29, 0.717) is 22.4 Å². The number of hydrogen-bond donors (Lipinski definition) is 0. The number of aromatic nitrogens is 2. The Labute approximate surface area is 243 Å². The Kier molecular flexibility index (Phi) is 7.82. The lowest BCUT2D eigenvalue weighted by Gasteiger charge is -2.18. The van der Waals surface area contributed by atoms with Gasteiger partial charge in [-0.1, -0.05) is 72.0 Å². The molecule has 2 saturated heterocycles. The number of carbonyl (C=O) groups excluding carboxylic acids is 1. The summed E-state index contributed by atoms with van der Waals surface area (Å²) >= 11 is 6.90. The number of rotatable bonds is 8. The third-order valence-corrected chi connectivity index (χ3v) is 8.37. The van der Waals surface area contributed by atoms with Gasteiger partial charge in [-0.3, -0.25) is 9.69 Å². The summed E-state index contributed by atoms with van der Waals surface area (Å²) in [6, 6.07) is 26.2. The van der Waals surface area contributed by atoms with Crippen LogP contribution in [0.15, 0.2) is 90.0 Å². The predicted molar refractivity (Wildman–Crippen MR) is 163 cm³/mol. The third-order valence-electron chi connectivity index (χ3n) is 6.99. The normalized spacial score (nSPS) is 18.2. The second-order valence-electron chi connectivity index (χ2n) is 9.94. The minimum absolute atomic E-state index is 0.0463. The highest BCUT2D eigenvalue weighted by Crippen LogP contribution is 2.36. The summed E-state index contributed by atoms with van der Waals surface area (Å²) in [7, 11) is 0. The molecule has 0 aliphatic carbocycles. The molecule has 2 aliphatic heterocycles. The lowest BCUT2D eigenvalue weighted by atomic mass is 10.1. The molecule has 0 spiro atoms. The molecule has 40 heavy (non-hydrogen) atoms. The van der Waals surface area contributed by atoms with Crippen LogP contribution in [0.4, 0.5) is 0 Å². The van der Waals surface area contributed by atoms with E-state index in [0.717, 1.165) is 53.3 Å². The summed E-state index contributed by atoms with van der Waals surface area (Å²) in [4.78, 5) is 15.6. The molecule has 0 radical (unpaired) electrons. The molecule has 1 atom stereocenters. The maximum atomic E-state index is 13.3. The van der Waals surface area contributed by atoms with Crippen LogP contribution >= 0.6 is 24.0 Å². The Hall–Kier alpha value is -3.72. The van der Waals surface area contributed by atoms with E-state index in [-0.39, 0.29) is 12.0 Å². The Bertz CT molecular complexity index is 1540. The fraction of sp³-hybridized carbons (Fsp3) is 0.219. The molecule has 0 saturated carbocycles. The molecule has 2 aliphatic rings. The zero-order valence-corrected chi connectivity index (χ0v) is 23.8. The molecule has 6 rings (SSSR count). The summed E-state index contributed by atoms with van der Waals surface area (Å²) < 4.78 is 14.2. The number of hydrogen-bond acceptors (Lipinski definition) is 6. The first-order chi connectivity index (χ1) is 19.5. The monoisotopic (exact) mass is 567 g/mol. The van der Waals surface area contributed by atoms with Crippen LogP contribution in [0.1, 0.15) is 29.5 Å². The largest absolute Gasteiger partial charge is 0.489 e. The molecule has 202 valence electrons. The second kappa shape index (κ2) is 11.8. The van der Waals surface area contributed by atoms with Crippen LogP contribution < -0.4 is 4.74 Å². The number of ether oxygens (including phenoxy) is 2. The quantitative estimate of drug-likeness (QED) is 0.172. The van der Waals surface area contributed by atoms with Gasteiger partial charge >= 0.3 is 0 Å². The van der Waals surface area contributed by atoms with Gasteiger partial charge in [0, 0.05) is 23.9 Å². The Morgan fingerprint density at radius 3 is 2.58 bits per heavy atom. The van der Waals surface area contributed by atoms with Crippen LogP contribution in [-0.2, 0) is 16.1 Å². The Morgan fingerprint density at radius 1 is 1.07 bits per heavy atom. The van der Waals surface area contributed by atoms with Gasteiger partial charge in [-0.25, -0.2) is 4.68 Å². The molecule has 3 aromatic carbocycles. The van der Waals surface area contributed by atoms with Gasteiger partial charge in [0.1, 0.15) is 16.7 Å². The summed E-state index contributed by atoms with van der Waals surface area (Å²) in [6.07, 6.45) is 5.88. The van der Waals surface area contributed by atoms with E-state index in [1.807, 2.05) is 71.6 Å². The Balaban J connectivity index is 1.27. The number of benzene rings is 3. The van der Waals surface area contributed by atoms with E-state index in [1.54, 1.807) is 4.90 Å². The number of aryl methyl sites for hydroxylation is 1. The van der Waals surface area contributed by atoms with E-state index in [1.165, 1.54) is 17.3 Å². The zero-order valence-electron chi connectivity index (χ0n) is 22.2. The zero-order chi connectivity index (χ0) is 27.5. The maximum Gasteiger partial charge on any atom is 0.266 e. The van der Waals surface area contributed by atoms with Gasteiger partial charge in [0.05, 0.1) is 28.9 Å². The van der Waals surface area contributed by atoms with Gasteiger partial charge in [0.2, 0.25) is 0 Å². The van der Waals surface area contributed by atoms with Crippen LogP contribution in [0.3, 0.4) is 0 Å². The summed E-state index contributed by atoms with van der Waals surface area (Å²) in [5, 5.41) is 4.91. The standard InChI is InChI=1S/C32H29N3O3S2/c1-22-9-11-23(12-10-22)21-38-27-15-13-24(14-16-27)30-25(19-35(33-30)26-6-3-2-4-7-26)18-29-31(36)34(32(39)40-29)20-28-8-5-17-37-28/h2-4,6-7,9-16,18-19,28H,5,8,17,20-21H2,1H3/b29-18-. The average Bonchev–Trinajstić information content (AvgIpc) is 3.71. The van der Waals surface area contributed by atoms with Crippen molar-refractivity contribution in [2.24, 2.45) is 0 Å². The van der Waals surface area contributed by atoms with Crippen LogP contribution in [0, 0.1) is 6.92 Å². The maximum absolute atomic E-state index is 13.3. The fourth-order valence-corrected chi connectivity index (χ4v) is 6.05. The number of para-hydroxylation sites is 1. The van der Waals surface area contributed by atoms with Crippen molar-refractivity contribution < 1.29 is 14.3 Å². The van der Waals surface area contributed by atoms with Crippen molar-refractivity contribution in [3.05, 3.63) is 107 Å². The van der Waals surface area contributed by atoms with E-state index in [2.05, 4.69) is 31.2 Å². The van der Waals surface area contributed by atoms with Crippen molar-refractivity contribution >= 4 is 40.3 Å². The van der Waals surface area contributed by atoms with Gasteiger partial charge in [0.15, 0.2) is 0 Å². The average molecular weight is 568 g/mol. The molecule has 1 aromatic heterocycles. The van der Waals surface area contributed by atoms with E-state index >= 15 is 0 Å². The van der Waals surface area contributed by atoms with Crippen LogP contribution in [0.25, 0.3) is 23.0 Å². The SMILES string of the molecule is Cc1ccc(COc2ccc(-c3nn(-c4ccccc4)cc3/C=C3\SC(=S)N(CC4CCCO4)C3=O)cc2)cc1. The van der Waals surface area contributed by atoms with Gasteiger partial charge in [-0.05, 0) is 67.8 Å². The number of amides is 1. The van der Waals surface area contributed by atoms with Gasteiger partial charge < -0.3 is 9.47 Å². The van der Waals surface area contributed by atoms with Crippen molar-refractivity contribution in [2.45, 2.75) is 32.5 Å². The van der Waals surface area contributed by atoms with Gasteiger partial charge in [-0.15, -0.1) is 0 Å². The highest BCUT2D eigenvalue weighted by Gasteiger charge is 2.35. The predicted octanol–water partition coefficient (Wildman–Crippen LogP) is 6.81. The molecule has 4 aromatic rings. The molecule has 2 fully saturated rings. The molecule has 0 bridgehead atoms. The number of carbonyl (C=O) groups is 1. The van der Waals surface area contributed by atoms with Gasteiger partial charge in [-0.2, -0.15) is 5.10 Å². The summed E-state index contributed by atoms with van der Waals surface area (Å²) in [5.41, 5.74) is 5.83. The number of nitrogens with zero attached hydrogens (tertiary/aromatic N) is 3. The van der Waals surface area contributed by atoms with E-state index in [9.17, 15) is 4.79 Å². The number of thiocarbonyl (C=S) groups is 1. The minimum atomic E-state index is -0.0798. The minimum Gasteiger partial charge on any atom is -0.489 e. The van der Waals surface area contributed by atoms with Crippen LogP contribution in [0.2, 0.25) is 0 Å². The second-order valence-corrected chi connectivity index (χ2v) is 11.6. The fourth-order valence-electron chi connectivity index (χ4n) is 4.78. The van der Waals surface area contributed by atoms with Crippen molar-refractivity contribution in [1.29, 1.82) is 0 Å². The molecule has 8 heteroatoms. The first-order valence-corrected chi connectivity index (χ1v) is 14.6. The lowest BCUT2D eigenvalue weighted by Crippen LogP contribution is -2.35. The first-order valence-electron chi connectivity index (χ1n) is 13.3. The lowest BCUT2D eigenvalue weighted by molar-refractivity contribution is -0.123. The molecular weight excluding hydrogens is 539 g/mol. The van der Waals surface area contributed by atoms with Gasteiger partial charge in [0.25, 0.3) is 5.91 Å². The van der Waals surface area contributed by atoms with Crippen LogP contribution in [0.5, 0.6) is 5.75 Å². The third kappa shape index (κ3) is 5.89.